The third kappa shape index (κ3) is 3.52. The van der Waals surface area contributed by atoms with E-state index in [1.165, 1.54) is 18.3 Å². The van der Waals surface area contributed by atoms with E-state index < -0.39 is 4.92 Å². The van der Waals surface area contributed by atoms with Gasteiger partial charge in [-0.15, -0.1) is 10.2 Å². The van der Waals surface area contributed by atoms with Crippen LogP contribution in [0, 0.1) is 10.1 Å². The third-order valence-electron chi connectivity index (χ3n) is 3.66. The average Bonchev–Trinajstić information content (AvgIpc) is 3.06. The number of aromatic nitrogens is 4. The van der Waals surface area contributed by atoms with Gasteiger partial charge in [0.15, 0.2) is 16.0 Å². The summed E-state index contributed by atoms with van der Waals surface area (Å²) in [5.41, 5.74) is 0.830. The highest BCUT2D eigenvalue weighted by atomic mass is 32.2. The van der Waals surface area contributed by atoms with Crippen LogP contribution < -0.4 is 4.74 Å². The number of nitrogens with zero attached hydrogens (tertiary/aromatic N) is 5. The molecule has 0 atom stereocenters. The van der Waals surface area contributed by atoms with Crippen molar-refractivity contribution in [3.63, 3.8) is 0 Å². The molecule has 0 unspecified atom stereocenters. The van der Waals surface area contributed by atoms with Crippen LogP contribution in [0.25, 0.3) is 11.4 Å². The van der Waals surface area contributed by atoms with Crippen LogP contribution in [-0.4, -0.2) is 31.8 Å². The zero-order valence-electron chi connectivity index (χ0n) is 14.5. The molecule has 0 aliphatic rings. The maximum absolute atomic E-state index is 11.2. The van der Waals surface area contributed by atoms with Crippen LogP contribution in [0.3, 0.4) is 0 Å². The van der Waals surface area contributed by atoms with Gasteiger partial charge in [-0.05, 0) is 55.9 Å². The van der Waals surface area contributed by atoms with Gasteiger partial charge < -0.3 is 4.74 Å². The van der Waals surface area contributed by atoms with Gasteiger partial charge in [0, 0.05) is 23.9 Å². The maximum atomic E-state index is 11.2. The molecule has 3 rings (SSSR count). The summed E-state index contributed by atoms with van der Waals surface area (Å²) in [6, 6.07) is 10.5. The summed E-state index contributed by atoms with van der Waals surface area (Å²) in [5, 5.41) is 20.6. The molecule has 0 radical (unpaired) electrons. The number of benzene rings is 1. The SMILES string of the molecule is COc1ccc(-c2nnc(Sc3ncccc3[N+](=O)[O-])n2C(C)C)cc1. The molecule has 0 bridgehead atoms. The molecule has 3 aromatic rings. The Labute approximate surface area is 154 Å². The molecule has 26 heavy (non-hydrogen) atoms. The first-order valence-corrected chi connectivity index (χ1v) is 8.69. The molecule has 0 spiro atoms. The average molecular weight is 371 g/mol. The molecular formula is C17H17N5O3S. The maximum Gasteiger partial charge on any atom is 0.301 e. The second-order valence-electron chi connectivity index (χ2n) is 5.69. The highest BCUT2D eigenvalue weighted by molar-refractivity contribution is 7.99. The van der Waals surface area contributed by atoms with Crippen LogP contribution in [-0.2, 0) is 0 Å². The molecule has 0 fully saturated rings. The van der Waals surface area contributed by atoms with E-state index in [0.29, 0.717) is 11.0 Å². The number of rotatable bonds is 6. The van der Waals surface area contributed by atoms with Crippen LogP contribution >= 0.6 is 11.8 Å². The summed E-state index contributed by atoms with van der Waals surface area (Å²) in [5.74, 6) is 1.44. The zero-order valence-corrected chi connectivity index (χ0v) is 15.3. The van der Waals surface area contributed by atoms with E-state index in [1.54, 1.807) is 7.11 Å². The summed E-state index contributed by atoms with van der Waals surface area (Å²) in [7, 11) is 1.61. The number of hydrogen-bond acceptors (Lipinski definition) is 7. The molecule has 0 aliphatic carbocycles. The van der Waals surface area contributed by atoms with Crippen molar-refractivity contribution in [2.24, 2.45) is 0 Å². The number of methoxy groups -OCH3 is 1. The van der Waals surface area contributed by atoms with E-state index >= 15 is 0 Å². The number of nitro groups is 1. The predicted molar refractivity (Wildman–Crippen MR) is 97.4 cm³/mol. The summed E-state index contributed by atoms with van der Waals surface area (Å²) < 4.78 is 7.12. The van der Waals surface area contributed by atoms with Crippen LogP contribution in [0.4, 0.5) is 5.69 Å². The lowest BCUT2D eigenvalue weighted by atomic mass is 10.2. The first-order valence-electron chi connectivity index (χ1n) is 7.88. The van der Waals surface area contributed by atoms with Crippen molar-refractivity contribution in [3.8, 4) is 17.1 Å². The number of pyridine rings is 1. The minimum absolute atomic E-state index is 0.0539. The molecule has 0 saturated heterocycles. The van der Waals surface area contributed by atoms with Crippen LogP contribution in [0.5, 0.6) is 5.75 Å². The molecule has 1 aromatic carbocycles. The lowest BCUT2D eigenvalue weighted by Gasteiger charge is -2.13. The quantitative estimate of drug-likeness (QED) is 0.477. The molecule has 134 valence electrons. The van der Waals surface area contributed by atoms with Crippen molar-refractivity contribution >= 4 is 17.4 Å². The van der Waals surface area contributed by atoms with Gasteiger partial charge in [0.25, 0.3) is 0 Å². The van der Waals surface area contributed by atoms with Crippen molar-refractivity contribution < 1.29 is 9.66 Å². The highest BCUT2D eigenvalue weighted by Gasteiger charge is 2.22. The highest BCUT2D eigenvalue weighted by Crippen LogP contribution is 2.35. The lowest BCUT2D eigenvalue weighted by Crippen LogP contribution is -2.05. The number of ether oxygens (including phenoxy) is 1. The van der Waals surface area contributed by atoms with Gasteiger partial charge in [0.1, 0.15) is 5.75 Å². The summed E-state index contributed by atoms with van der Waals surface area (Å²) in [6.45, 7) is 4.01. The third-order valence-corrected chi connectivity index (χ3v) is 4.63. The summed E-state index contributed by atoms with van der Waals surface area (Å²) in [4.78, 5) is 14.9. The Hall–Kier alpha value is -2.94. The molecule has 0 aliphatic heterocycles. The molecule has 2 heterocycles. The fourth-order valence-corrected chi connectivity index (χ4v) is 3.45. The Morgan fingerprint density at radius 1 is 1.19 bits per heavy atom. The first kappa shape index (κ1) is 17.9. The second kappa shape index (κ2) is 7.52. The summed E-state index contributed by atoms with van der Waals surface area (Å²) >= 11 is 1.13. The van der Waals surface area contributed by atoms with Gasteiger partial charge >= 0.3 is 5.69 Å². The summed E-state index contributed by atoms with van der Waals surface area (Å²) in [6.07, 6.45) is 1.52. The van der Waals surface area contributed by atoms with Gasteiger partial charge in [-0.25, -0.2) is 4.98 Å². The van der Waals surface area contributed by atoms with E-state index in [-0.39, 0.29) is 16.8 Å². The van der Waals surface area contributed by atoms with E-state index in [0.717, 1.165) is 23.1 Å². The first-order chi connectivity index (χ1) is 12.5. The van der Waals surface area contributed by atoms with Crippen molar-refractivity contribution in [2.45, 2.75) is 30.1 Å². The fraction of sp³-hybridized carbons (Fsp3) is 0.235. The molecule has 9 heteroatoms. The largest absolute Gasteiger partial charge is 0.497 e. The molecule has 8 nitrogen and oxygen atoms in total. The molecular weight excluding hydrogens is 354 g/mol. The molecule has 0 N–H and O–H groups in total. The number of hydrogen-bond donors (Lipinski definition) is 0. The van der Waals surface area contributed by atoms with Gasteiger partial charge in [0.05, 0.1) is 12.0 Å². The predicted octanol–water partition coefficient (Wildman–Crippen LogP) is 3.99. The topological polar surface area (TPSA) is 96.0 Å². The molecule has 0 amide bonds. The van der Waals surface area contributed by atoms with E-state index in [1.807, 2.05) is 42.7 Å². The van der Waals surface area contributed by atoms with Crippen LogP contribution in [0.2, 0.25) is 0 Å². The van der Waals surface area contributed by atoms with Gasteiger partial charge in [-0.1, -0.05) is 0 Å². The van der Waals surface area contributed by atoms with Crippen LogP contribution in [0.1, 0.15) is 19.9 Å². The van der Waals surface area contributed by atoms with Crippen molar-refractivity contribution in [1.29, 1.82) is 0 Å². The normalized spacial score (nSPS) is 10.9. The van der Waals surface area contributed by atoms with Crippen molar-refractivity contribution in [1.82, 2.24) is 19.7 Å². The van der Waals surface area contributed by atoms with Crippen molar-refractivity contribution in [2.75, 3.05) is 7.11 Å². The van der Waals surface area contributed by atoms with E-state index in [4.69, 9.17) is 4.74 Å². The van der Waals surface area contributed by atoms with Gasteiger partial charge in [-0.2, -0.15) is 0 Å². The Kier molecular flexibility index (Phi) is 5.17. The van der Waals surface area contributed by atoms with Gasteiger partial charge in [-0.3, -0.25) is 14.7 Å². The molecule has 2 aromatic heterocycles. The second-order valence-corrected chi connectivity index (χ2v) is 6.64. The fourth-order valence-electron chi connectivity index (χ4n) is 2.44. The van der Waals surface area contributed by atoms with Gasteiger partial charge in [0.2, 0.25) is 0 Å². The monoisotopic (exact) mass is 371 g/mol. The smallest absolute Gasteiger partial charge is 0.301 e. The Balaban J connectivity index is 2.01. The molecule has 0 saturated carbocycles. The lowest BCUT2D eigenvalue weighted by molar-refractivity contribution is -0.388. The van der Waals surface area contributed by atoms with Crippen LogP contribution in [0.15, 0.2) is 52.8 Å². The van der Waals surface area contributed by atoms with Crippen molar-refractivity contribution in [3.05, 3.63) is 52.7 Å². The Morgan fingerprint density at radius 3 is 2.54 bits per heavy atom. The Bertz CT molecular complexity index is 924. The minimum Gasteiger partial charge on any atom is -0.497 e. The van der Waals surface area contributed by atoms with E-state index in [9.17, 15) is 10.1 Å². The zero-order chi connectivity index (χ0) is 18.7. The Morgan fingerprint density at radius 2 is 1.92 bits per heavy atom. The standard InChI is InChI=1S/C17H17N5O3S/c1-11(2)21-15(12-6-8-13(25-3)9-7-12)19-20-17(21)26-16-14(22(23)24)5-4-10-18-16/h4-11H,1-3H3. The van der Waals surface area contributed by atoms with E-state index in [2.05, 4.69) is 15.2 Å². The minimum atomic E-state index is -0.449.